The number of carboxylic acid groups (broad SMARTS) is 1. The standard InChI is InChI=1S/C17H22N4O3/c18-8-13-2-4-14(5-3-13)19-6-1-7-20-9-15-11-21(17(22)23)12-16(10-20)24-15/h2-5,15-16,19H,1,6-7,9-12H2,(H,22,23)/p-1. The van der Waals surface area contributed by atoms with Crippen molar-refractivity contribution >= 4 is 11.8 Å². The van der Waals surface area contributed by atoms with Gasteiger partial charge in [-0.1, -0.05) is 0 Å². The van der Waals surface area contributed by atoms with Crippen molar-refractivity contribution in [2.75, 3.05) is 44.6 Å². The molecule has 1 amide bonds. The normalized spacial score (nSPS) is 23.5. The molecule has 2 aliphatic heterocycles. The Morgan fingerprint density at radius 3 is 2.50 bits per heavy atom. The Bertz CT molecular complexity index is 599. The Hall–Kier alpha value is -2.30. The molecular weight excluding hydrogens is 308 g/mol. The van der Waals surface area contributed by atoms with E-state index >= 15 is 0 Å². The number of hydrogen-bond donors (Lipinski definition) is 1. The van der Waals surface area contributed by atoms with E-state index in [4.69, 9.17) is 10.00 Å². The average Bonchev–Trinajstić information content (AvgIpc) is 2.58. The third kappa shape index (κ3) is 4.16. The summed E-state index contributed by atoms with van der Waals surface area (Å²) < 4.78 is 5.81. The first-order valence-electron chi connectivity index (χ1n) is 8.22. The maximum atomic E-state index is 11.0. The first-order valence-corrected chi connectivity index (χ1v) is 8.22. The summed E-state index contributed by atoms with van der Waals surface area (Å²) in [5.74, 6) is 0. The van der Waals surface area contributed by atoms with Crippen LogP contribution in [0.25, 0.3) is 0 Å². The number of benzene rings is 1. The van der Waals surface area contributed by atoms with E-state index in [0.717, 1.165) is 38.3 Å². The van der Waals surface area contributed by atoms with Crippen LogP contribution in [-0.4, -0.2) is 67.4 Å². The predicted octanol–water partition coefficient (Wildman–Crippen LogP) is 0.0886. The van der Waals surface area contributed by atoms with Gasteiger partial charge >= 0.3 is 0 Å². The molecule has 2 atom stereocenters. The van der Waals surface area contributed by atoms with Gasteiger partial charge in [0.2, 0.25) is 0 Å². The van der Waals surface area contributed by atoms with Gasteiger partial charge in [-0.25, -0.2) is 0 Å². The van der Waals surface area contributed by atoms with Crippen molar-refractivity contribution in [2.24, 2.45) is 0 Å². The predicted molar refractivity (Wildman–Crippen MR) is 86.3 cm³/mol. The number of rotatable bonds is 5. The molecule has 2 fully saturated rings. The van der Waals surface area contributed by atoms with Crippen LogP contribution in [0.4, 0.5) is 10.5 Å². The van der Waals surface area contributed by atoms with Crippen LogP contribution >= 0.6 is 0 Å². The molecule has 1 N–H and O–H groups in total. The second-order valence-corrected chi connectivity index (χ2v) is 6.28. The van der Waals surface area contributed by atoms with E-state index in [1.807, 2.05) is 12.1 Å². The maximum absolute atomic E-state index is 11.0. The van der Waals surface area contributed by atoms with Crippen LogP contribution in [0.15, 0.2) is 24.3 Å². The van der Waals surface area contributed by atoms with Crippen molar-refractivity contribution < 1.29 is 14.6 Å². The third-order valence-corrected chi connectivity index (χ3v) is 4.41. The molecule has 0 saturated carbocycles. The number of fused-ring (bicyclic) bond motifs is 2. The summed E-state index contributed by atoms with van der Waals surface area (Å²) in [7, 11) is 0. The SMILES string of the molecule is N#Cc1ccc(NCCCN2CC3CN(C(=O)[O-])CC(C2)O3)cc1. The van der Waals surface area contributed by atoms with Gasteiger partial charge < -0.3 is 24.9 Å². The molecule has 2 aliphatic rings. The van der Waals surface area contributed by atoms with E-state index in [-0.39, 0.29) is 12.2 Å². The minimum atomic E-state index is -1.10. The number of hydrogen-bond acceptors (Lipinski definition) is 6. The van der Waals surface area contributed by atoms with Crippen LogP contribution in [0.2, 0.25) is 0 Å². The first-order chi connectivity index (χ1) is 11.6. The monoisotopic (exact) mass is 329 g/mol. The van der Waals surface area contributed by atoms with Gasteiger partial charge in [-0.3, -0.25) is 4.90 Å². The van der Waals surface area contributed by atoms with Crippen LogP contribution in [0.1, 0.15) is 12.0 Å². The molecule has 128 valence electrons. The summed E-state index contributed by atoms with van der Waals surface area (Å²) in [6, 6.07) is 9.52. The van der Waals surface area contributed by atoms with Gasteiger partial charge in [0.05, 0.1) is 23.8 Å². The van der Waals surface area contributed by atoms with Crippen molar-refractivity contribution in [3.05, 3.63) is 29.8 Å². The Morgan fingerprint density at radius 2 is 1.92 bits per heavy atom. The summed E-state index contributed by atoms with van der Waals surface area (Å²) in [6.07, 6.45) is -0.221. The van der Waals surface area contributed by atoms with Gasteiger partial charge in [-0.15, -0.1) is 0 Å². The molecule has 2 bridgehead atoms. The van der Waals surface area contributed by atoms with E-state index in [2.05, 4.69) is 16.3 Å². The fourth-order valence-electron chi connectivity index (χ4n) is 3.31. The highest BCUT2D eigenvalue weighted by molar-refractivity contribution is 5.62. The van der Waals surface area contributed by atoms with Gasteiger partial charge in [-0.2, -0.15) is 5.26 Å². The van der Waals surface area contributed by atoms with Crippen LogP contribution in [0.3, 0.4) is 0 Å². The highest BCUT2D eigenvalue weighted by Gasteiger charge is 2.34. The summed E-state index contributed by atoms with van der Waals surface area (Å²) in [4.78, 5) is 14.7. The number of ether oxygens (including phenoxy) is 1. The number of carbonyl (C=O) groups is 1. The molecule has 0 radical (unpaired) electrons. The van der Waals surface area contributed by atoms with Gasteiger partial charge in [0, 0.05) is 45.0 Å². The molecule has 2 saturated heterocycles. The molecule has 24 heavy (non-hydrogen) atoms. The summed E-state index contributed by atoms with van der Waals surface area (Å²) >= 11 is 0. The third-order valence-electron chi connectivity index (χ3n) is 4.41. The second kappa shape index (κ2) is 7.51. The number of morpholine rings is 2. The lowest BCUT2D eigenvalue weighted by Crippen LogP contribution is -2.62. The van der Waals surface area contributed by atoms with Crippen LogP contribution in [-0.2, 0) is 4.74 Å². The lowest BCUT2D eigenvalue weighted by atomic mass is 10.1. The van der Waals surface area contributed by atoms with E-state index in [9.17, 15) is 9.90 Å². The number of anilines is 1. The highest BCUT2D eigenvalue weighted by atomic mass is 16.5. The zero-order chi connectivity index (χ0) is 16.9. The smallest absolute Gasteiger partial charge is 0.137 e. The van der Waals surface area contributed by atoms with Crippen molar-refractivity contribution in [3.63, 3.8) is 0 Å². The van der Waals surface area contributed by atoms with Gasteiger partial charge in [0.15, 0.2) is 0 Å². The molecular formula is C17H21N4O3-. The fourth-order valence-corrected chi connectivity index (χ4v) is 3.31. The van der Waals surface area contributed by atoms with Gasteiger partial charge in [0.1, 0.15) is 6.09 Å². The Balaban J connectivity index is 1.39. The largest absolute Gasteiger partial charge is 0.530 e. The minimum Gasteiger partial charge on any atom is -0.530 e. The van der Waals surface area contributed by atoms with E-state index in [1.165, 1.54) is 4.90 Å². The molecule has 2 heterocycles. The van der Waals surface area contributed by atoms with E-state index in [0.29, 0.717) is 18.7 Å². The molecule has 0 spiro atoms. The van der Waals surface area contributed by atoms with Crippen LogP contribution in [0, 0.1) is 11.3 Å². The molecule has 3 rings (SSSR count). The van der Waals surface area contributed by atoms with Crippen LogP contribution in [0.5, 0.6) is 0 Å². The van der Waals surface area contributed by atoms with Crippen molar-refractivity contribution in [2.45, 2.75) is 18.6 Å². The molecule has 7 heteroatoms. The summed E-state index contributed by atoms with van der Waals surface area (Å²) in [5, 5.41) is 23.1. The summed E-state index contributed by atoms with van der Waals surface area (Å²) in [6.45, 7) is 4.13. The van der Waals surface area contributed by atoms with Crippen molar-refractivity contribution in [1.82, 2.24) is 9.80 Å². The maximum Gasteiger partial charge on any atom is 0.137 e. The van der Waals surface area contributed by atoms with Gasteiger partial charge in [0.25, 0.3) is 0 Å². The Morgan fingerprint density at radius 1 is 1.25 bits per heavy atom. The topological polar surface area (TPSA) is 91.7 Å². The van der Waals surface area contributed by atoms with E-state index < -0.39 is 6.09 Å². The number of nitriles is 1. The molecule has 7 nitrogen and oxygen atoms in total. The quantitative estimate of drug-likeness (QED) is 0.770. The number of carbonyl (C=O) groups excluding carboxylic acids is 1. The number of nitrogens with one attached hydrogen (secondary N) is 1. The number of nitrogens with zero attached hydrogens (tertiary/aromatic N) is 3. The molecule has 1 aromatic rings. The molecule has 1 aromatic carbocycles. The van der Waals surface area contributed by atoms with Crippen molar-refractivity contribution in [1.29, 1.82) is 5.26 Å². The fraction of sp³-hybridized carbons (Fsp3) is 0.529. The molecule has 0 aromatic heterocycles. The van der Waals surface area contributed by atoms with Crippen LogP contribution < -0.4 is 10.4 Å². The molecule has 0 aliphatic carbocycles. The highest BCUT2D eigenvalue weighted by Crippen LogP contribution is 2.19. The average molecular weight is 329 g/mol. The minimum absolute atomic E-state index is 0.0538. The number of amides is 1. The Kier molecular flexibility index (Phi) is 5.18. The molecule has 2 unspecified atom stereocenters. The zero-order valence-corrected chi connectivity index (χ0v) is 13.5. The lowest BCUT2D eigenvalue weighted by Gasteiger charge is -2.46. The zero-order valence-electron chi connectivity index (χ0n) is 13.5. The lowest BCUT2D eigenvalue weighted by molar-refractivity contribution is -0.274. The van der Waals surface area contributed by atoms with Gasteiger partial charge in [-0.05, 0) is 30.7 Å². The first kappa shape index (κ1) is 16.6. The summed E-state index contributed by atoms with van der Waals surface area (Å²) in [5.41, 5.74) is 1.67. The second-order valence-electron chi connectivity index (χ2n) is 6.28. The van der Waals surface area contributed by atoms with E-state index in [1.54, 1.807) is 12.1 Å². The van der Waals surface area contributed by atoms with Crippen molar-refractivity contribution in [3.8, 4) is 6.07 Å². The Labute approximate surface area is 141 Å².